The molecule has 3 aromatic rings. The average molecular weight is 459 g/mol. The summed E-state index contributed by atoms with van der Waals surface area (Å²) < 4.78 is 5.97. The van der Waals surface area contributed by atoms with E-state index in [4.69, 9.17) is 4.65 Å². The van der Waals surface area contributed by atoms with Gasteiger partial charge in [-0.15, -0.1) is 0 Å². The van der Waals surface area contributed by atoms with E-state index in [0.29, 0.717) is 13.9 Å². The second-order valence-corrected chi connectivity index (χ2v) is 10.1. The molecule has 1 saturated heterocycles. The zero-order valence-electron chi connectivity index (χ0n) is 20.5. The number of carbonyl (C=O) groups excluding carboxylic acids is 1. The van der Waals surface area contributed by atoms with Crippen LogP contribution in [-0.4, -0.2) is 51.1 Å². The number of nitrogens with zero attached hydrogens (tertiary/aromatic N) is 2. The maximum atomic E-state index is 13.0. The summed E-state index contributed by atoms with van der Waals surface area (Å²) in [5.74, 6) is 0.984. The first kappa shape index (κ1) is 24.2. The van der Waals surface area contributed by atoms with E-state index in [1.165, 1.54) is 0 Å². The molecule has 4 rings (SSSR count). The van der Waals surface area contributed by atoms with Crippen LogP contribution in [0.4, 0.5) is 0 Å². The van der Waals surface area contributed by atoms with Gasteiger partial charge in [-0.05, 0) is 51.7 Å². The van der Waals surface area contributed by atoms with Crippen molar-refractivity contribution < 1.29 is 14.6 Å². The lowest BCUT2D eigenvalue weighted by molar-refractivity contribution is -0.131. The summed E-state index contributed by atoms with van der Waals surface area (Å²) >= 11 is 0. The Kier molecular flexibility index (Phi) is 6.96. The van der Waals surface area contributed by atoms with Crippen molar-refractivity contribution in [3.05, 3.63) is 72.2 Å². The van der Waals surface area contributed by atoms with E-state index in [1.54, 1.807) is 13.8 Å². The van der Waals surface area contributed by atoms with Crippen molar-refractivity contribution in [2.45, 2.75) is 64.2 Å². The summed E-state index contributed by atoms with van der Waals surface area (Å²) in [5, 5.41) is 10.3. The Bertz CT molecular complexity index is 1100. The molecule has 178 valence electrons. The summed E-state index contributed by atoms with van der Waals surface area (Å²) in [6.45, 7) is 8.07. The minimum atomic E-state index is -0.935. The van der Waals surface area contributed by atoms with Crippen LogP contribution in [0, 0.1) is 0 Å². The SMILES string of the molecule is CC(C)(O)C(C)(C)OBc1ccc(-c2cnc([C@@H]3CCCN3C(=O)Cc3ccccc3)[nH]2)cc1. The first-order valence-corrected chi connectivity index (χ1v) is 12.0. The Balaban J connectivity index is 1.41. The van der Waals surface area contributed by atoms with Gasteiger partial charge in [0.1, 0.15) is 5.82 Å². The van der Waals surface area contributed by atoms with Gasteiger partial charge >= 0.3 is 7.48 Å². The number of rotatable bonds is 8. The number of aromatic nitrogens is 2. The Morgan fingerprint density at radius 2 is 1.85 bits per heavy atom. The fourth-order valence-electron chi connectivity index (χ4n) is 4.10. The van der Waals surface area contributed by atoms with E-state index in [1.807, 2.05) is 79.5 Å². The minimum Gasteiger partial charge on any atom is -0.427 e. The minimum absolute atomic E-state index is 0.0123. The summed E-state index contributed by atoms with van der Waals surface area (Å²) in [4.78, 5) is 23.0. The molecule has 0 unspecified atom stereocenters. The number of imidazole rings is 1. The summed E-state index contributed by atoms with van der Waals surface area (Å²) in [5.41, 5.74) is 2.44. The predicted molar refractivity (Wildman–Crippen MR) is 136 cm³/mol. The third-order valence-corrected chi connectivity index (χ3v) is 7.02. The molecule has 6 nitrogen and oxygen atoms in total. The molecule has 0 spiro atoms. The first-order chi connectivity index (χ1) is 16.1. The largest absolute Gasteiger partial charge is 0.427 e. The lowest BCUT2D eigenvalue weighted by atomic mass is 9.82. The van der Waals surface area contributed by atoms with Crippen LogP contribution in [-0.2, 0) is 15.9 Å². The smallest absolute Gasteiger partial charge is 0.309 e. The van der Waals surface area contributed by atoms with Crippen LogP contribution in [0.5, 0.6) is 0 Å². The van der Waals surface area contributed by atoms with E-state index < -0.39 is 11.2 Å². The average Bonchev–Trinajstić information content (AvgIpc) is 3.48. The zero-order chi connectivity index (χ0) is 24.3. The number of aliphatic hydroxyl groups is 1. The molecular formula is C27H34BN3O3. The molecule has 1 fully saturated rings. The third kappa shape index (κ3) is 5.42. The van der Waals surface area contributed by atoms with Gasteiger partial charge < -0.3 is 19.6 Å². The van der Waals surface area contributed by atoms with Crippen LogP contribution < -0.4 is 5.46 Å². The first-order valence-electron chi connectivity index (χ1n) is 12.0. The van der Waals surface area contributed by atoms with Gasteiger partial charge in [-0.25, -0.2) is 4.98 Å². The van der Waals surface area contributed by atoms with E-state index >= 15 is 0 Å². The van der Waals surface area contributed by atoms with Gasteiger partial charge in [0, 0.05) is 6.54 Å². The van der Waals surface area contributed by atoms with Gasteiger partial charge in [0.25, 0.3) is 0 Å². The van der Waals surface area contributed by atoms with E-state index in [9.17, 15) is 9.90 Å². The maximum Gasteiger partial charge on any atom is 0.309 e. The fraction of sp³-hybridized carbons (Fsp3) is 0.407. The van der Waals surface area contributed by atoms with Gasteiger partial charge in [0.15, 0.2) is 0 Å². The van der Waals surface area contributed by atoms with Crippen molar-refractivity contribution in [1.29, 1.82) is 0 Å². The van der Waals surface area contributed by atoms with Crippen LogP contribution in [0.3, 0.4) is 0 Å². The van der Waals surface area contributed by atoms with Crippen molar-refractivity contribution >= 4 is 18.9 Å². The van der Waals surface area contributed by atoms with Crippen LogP contribution in [0.15, 0.2) is 60.8 Å². The normalized spacial score (nSPS) is 16.6. The Labute approximate surface area is 202 Å². The van der Waals surface area contributed by atoms with Gasteiger partial charge in [0.2, 0.25) is 5.91 Å². The molecule has 1 amide bonds. The molecule has 0 radical (unpaired) electrons. The highest BCUT2D eigenvalue weighted by molar-refractivity contribution is 6.47. The van der Waals surface area contributed by atoms with Crippen molar-refractivity contribution in [3.8, 4) is 11.3 Å². The molecule has 1 atom stereocenters. The number of nitrogens with one attached hydrogen (secondary N) is 1. The second-order valence-electron chi connectivity index (χ2n) is 10.1. The summed E-state index contributed by atoms with van der Waals surface area (Å²) in [6.07, 6.45) is 4.16. The topological polar surface area (TPSA) is 78.5 Å². The molecule has 1 aliphatic rings. The van der Waals surface area contributed by atoms with Gasteiger partial charge in [0.05, 0.1) is 35.6 Å². The van der Waals surface area contributed by atoms with E-state index in [-0.39, 0.29) is 11.9 Å². The monoisotopic (exact) mass is 459 g/mol. The number of hydrogen-bond acceptors (Lipinski definition) is 4. The number of hydrogen-bond donors (Lipinski definition) is 2. The molecule has 0 bridgehead atoms. The van der Waals surface area contributed by atoms with Crippen LogP contribution in [0.25, 0.3) is 11.3 Å². The Hall–Kier alpha value is -2.90. The predicted octanol–water partition coefficient (Wildman–Crippen LogP) is 3.53. The highest BCUT2D eigenvalue weighted by Crippen LogP contribution is 2.32. The number of aromatic amines is 1. The van der Waals surface area contributed by atoms with Crippen molar-refractivity contribution in [1.82, 2.24) is 14.9 Å². The molecule has 7 heteroatoms. The zero-order valence-corrected chi connectivity index (χ0v) is 20.5. The number of benzene rings is 2. The molecule has 2 heterocycles. The molecule has 1 aliphatic heterocycles. The van der Waals surface area contributed by atoms with Gasteiger partial charge in [-0.2, -0.15) is 0 Å². The molecule has 1 aromatic heterocycles. The van der Waals surface area contributed by atoms with E-state index in [0.717, 1.165) is 47.5 Å². The fourth-order valence-corrected chi connectivity index (χ4v) is 4.10. The number of carbonyl (C=O) groups is 1. The maximum absolute atomic E-state index is 13.0. The third-order valence-electron chi connectivity index (χ3n) is 7.02. The van der Waals surface area contributed by atoms with Crippen molar-refractivity contribution in [3.63, 3.8) is 0 Å². The number of amides is 1. The van der Waals surface area contributed by atoms with Gasteiger partial charge in [-0.1, -0.05) is 60.1 Å². The van der Waals surface area contributed by atoms with E-state index in [2.05, 4.69) is 9.97 Å². The molecule has 2 N–H and O–H groups in total. The number of H-pyrrole nitrogens is 1. The second kappa shape index (κ2) is 9.76. The highest BCUT2D eigenvalue weighted by Gasteiger charge is 2.35. The lowest BCUT2D eigenvalue weighted by Gasteiger charge is -2.37. The molecular weight excluding hydrogens is 425 g/mol. The highest BCUT2D eigenvalue weighted by atomic mass is 16.5. The van der Waals surface area contributed by atoms with Crippen LogP contribution in [0.2, 0.25) is 0 Å². The van der Waals surface area contributed by atoms with Crippen LogP contribution in [0.1, 0.15) is 58.0 Å². The molecule has 0 aliphatic carbocycles. The van der Waals surface area contributed by atoms with Gasteiger partial charge in [-0.3, -0.25) is 4.79 Å². The molecule has 0 saturated carbocycles. The van der Waals surface area contributed by atoms with Crippen molar-refractivity contribution in [2.24, 2.45) is 0 Å². The molecule has 34 heavy (non-hydrogen) atoms. The Morgan fingerprint density at radius 1 is 1.15 bits per heavy atom. The summed E-state index contributed by atoms with van der Waals surface area (Å²) in [7, 11) is 0.423. The molecule has 2 aromatic carbocycles. The number of likely N-dealkylation sites (tertiary alicyclic amines) is 1. The van der Waals surface area contributed by atoms with Crippen molar-refractivity contribution in [2.75, 3.05) is 6.54 Å². The quantitative estimate of drug-likeness (QED) is 0.506. The lowest BCUT2D eigenvalue weighted by Crippen LogP contribution is -2.49. The standard InChI is InChI=1S/C27H34BN3O3/c1-26(2,33)27(3,4)34-28-21-14-12-20(13-15-21)22-18-29-25(30-22)23-11-8-16-31(23)24(32)17-19-9-6-5-7-10-19/h5-7,9-10,12-15,18,23,28,33H,8,11,16-17H2,1-4H3,(H,29,30)/t23-/m0/s1. The Morgan fingerprint density at radius 3 is 2.53 bits per heavy atom. The summed E-state index contributed by atoms with van der Waals surface area (Å²) in [6, 6.07) is 18.0. The van der Waals surface area contributed by atoms with Crippen LogP contribution >= 0.6 is 0 Å².